The predicted molar refractivity (Wildman–Crippen MR) is 130 cm³/mol. The summed E-state index contributed by atoms with van der Waals surface area (Å²) in [5.74, 6) is 0.185. The van der Waals surface area contributed by atoms with Crippen molar-refractivity contribution in [1.82, 2.24) is 15.5 Å². The number of epoxide rings is 2. The lowest BCUT2D eigenvalue weighted by molar-refractivity contribution is -0.118. The van der Waals surface area contributed by atoms with E-state index in [1.54, 1.807) is 7.11 Å². The number of rotatable bonds is 9. The first kappa shape index (κ1) is 25.3. The normalized spacial score (nSPS) is 35.1. The Morgan fingerprint density at radius 2 is 2.12 bits per heavy atom. The van der Waals surface area contributed by atoms with Crippen molar-refractivity contribution in [3.8, 4) is 0 Å². The van der Waals surface area contributed by atoms with E-state index in [4.69, 9.17) is 24.7 Å². The molecular formula is C24H38N4O5S. The van der Waals surface area contributed by atoms with Crippen molar-refractivity contribution in [2.45, 2.75) is 95.9 Å². The molecule has 4 rings (SSSR count). The summed E-state index contributed by atoms with van der Waals surface area (Å²) in [6.07, 6.45) is 4.13. The molecule has 1 aromatic heterocycles. The van der Waals surface area contributed by atoms with Crippen molar-refractivity contribution < 1.29 is 23.7 Å². The van der Waals surface area contributed by atoms with Crippen LogP contribution in [0.15, 0.2) is 11.6 Å². The van der Waals surface area contributed by atoms with Gasteiger partial charge < -0.3 is 30.0 Å². The molecule has 34 heavy (non-hydrogen) atoms. The molecule has 7 atom stereocenters. The van der Waals surface area contributed by atoms with Crippen LogP contribution >= 0.6 is 11.3 Å². The standard InChI is InChI=1S/C24H38N4O5S/c1-13(2)7-8-17-23(5,33-17)20-19(30-6)16(9-10-24(20)12-31-24)32-22(29)26-15(14(3)4)11-18-27-28-21(25)34-18/h7,14-17,19-20H,8-12H2,1-6H3,(H2,25,28)(H,26,29)/t15-,16-,17-,19-,20-,23+,24+/m1/s1. The zero-order valence-corrected chi connectivity index (χ0v) is 21.8. The Hall–Kier alpha value is -1.75. The van der Waals surface area contributed by atoms with E-state index >= 15 is 0 Å². The molecule has 10 heteroatoms. The molecule has 2 saturated heterocycles. The maximum Gasteiger partial charge on any atom is 0.407 e. The van der Waals surface area contributed by atoms with E-state index in [0.29, 0.717) is 24.6 Å². The molecule has 1 amide bonds. The Bertz CT molecular complexity index is 913. The molecule has 1 aliphatic carbocycles. The monoisotopic (exact) mass is 494 g/mol. The van der Waals surface area contributed by atoms with Gasteiger partial charge in [-0.05, 0) is 46.0 Å². The van der Waals surface area contributed by atoms with Crippen molar-refractivity contribution in [1.29, 1.82) is 0 Å². The number of anilines is 1. The summed E-state index contributed by atoms with van der Waals surface area (Å²) >= 11 is 1.33. The van der Waals surface area contributed by atoms with E-state index in [9.17, 15) is 4.79 Å². The number of alkyl carbamates (subject to hydrolysis) is 1. The van der Waals surface area contributed by atoms with Crippen molar-refractivity contribution in [2.75, 3.05) is 19.5 Å². The fraction of sp³-hybridized carbons (Fsp3) is 0.792. The summed E-state index contributed by atoms with van der Waals surface area (Å²) in [6.45, 7) is 11.1. The minimum absolute atomic E-state index is 0.00243. The average molecular weight is 495 g/mol. The number of hydrogen-bond donors (Lipinski definition) is 2. The van der Waals surface area contributed by atoms with Gasteiger partial charge in [-0.15, -0.1) is 10.2 Å². The number of hydrogen-bond acceptors (Lipinski definition) is 9. The quantitative estimate of drug-likeness (QED) is 0.395. The molecule has 3 heterocycles. The molecule has 9 nitrogen and oxygen atoms in total. The van der Waals surface area contributed by atoms with Crippen molar-refractivity contribution in [3.63, 3.8) is 0 Å². The summed E-state index contributed by atoms with van der Waals surface area (Å²) in [6, 6.07) is -0.143. The van der Waals surface area contributed by atoms with Gasteiger partial charge in [0.2, 0.25) is 5.13 Å². The number of ether oxygens (including phenoxy) is 4. The van der Waals surface area contributed by atoms with Crippen LogP contribution in [-0.2, 0) is 25.4 Å². The number of nitrogens with zero attached hydrogens (tertiary/aromatic N) is 2. The van der Waals surface area contributed by atoms with Crippen LogP contribution < -0.4 is 11.1 Å². The van der Waals surface area contributed by atoms with E-state index in [1.165, 1.54) is 16.9 Å². The molecule has 0 radical (unpaired) electrons. The zero-order valence-electron chi connectivity index (χ0n) is 21.0. The maximum absolute atomic E-state index is 13.0. The summed E-state index contributed by atoms with van der Waals surface area (Å²) in [5, 5.41) is 12.2. The number of allylic oxidation sites excluding steroid dienone is 1. The van der Waals surface area contributed by atoms with Crippen LogP contribution in [0.4, 0.5) is 9.93 Å². The molecule has 0 unspecified atom stereocenters. The van der Waals surface area contributed by atoms with Crippen LogP contribution in [0.5, 0.6) is 0 Å². The zero-order chi connectivity index (χ0) is 24.7. The Balaban J connectivity index is 1.42. The number of nitrogens with two attached hydrogens (primary N) is 1. The molecule has 1 spiro atoms. The minimum atomic E-state index is -0.447. The molecule has 3 N–H and O–H groups in total. The number of carbonyl (C=O) groups is 1. The first-order chi connectivity index (χ1) is 16.1. The Morgan fingerprint density at radius 3 is 2.68 bits per heavy atom. The SMILES string of the molecule is CO[C@@H]1[C@H](OC(=O)N[C@H](Cc2nnc(N)s2)C(C)C)CC[C@]2(CO2)[C@H]1[C@@]1(C)O[C@@H]1CC=C(C)C. The molecule has 1 aromatic rings. The van der Waals surface area contributed by atoms with Gasteiger partial charge in [0.05, 0.1) is 18.6 Å². The Morgan fingerprint density at radius 1 is 1.38 bits per heavy atom. The Labute approximate surface area is 205 Å². The average Bonchev–Trinajstić information content (AvgIpc) is 3.64. The summed E-state index contributed by atoms with van der Waals surface area (Å²) in [5.41, 5.74) is 6.37. The number of nitrogen functional groups attached to an aromatic ring is 1. The van der Waals surface area contributed by atoms with Crippen molar-refractivity contribution >= 4 is 22.6 Å². The highest BCUT2D eigenvalue weighted by Gasteiger charge is 2.72. The number of nitrogens with one attached hydrogen (secondary N) is 1. The van der Waals surface area contributed by atoms with Gasteiger partial charge in [0.15, 0.2) is 0 Å². The van der Waals surface area contributed by atoms with Crippen LogP contribution in [0.25, 0.3) is 0 Å². The molecule has 1 saturated carbocycles. The van der Waals surface area contributed by atoms with Crippen molar-refractivity contribution in [2.24, 2.45) is 11.8 Å². The van der Waals surface area contributed by atoms with Gasteiger partial charge in [-0.25, -0.2) is 4.79 Å². The van der Waals surface area contributed by atoms with Gasteiger partial charge in [0.25, 0.3) is 0 Å². The largest absolute Gasteiger partial charge is 0.443 e. The van der Waals surface area contributed by atoms with Crippen LogP contribution in [0, 0.1) is 11.8 Å². The van der Waals surface area contributed by atoms with Gasteiger partial charge in [-0.2, -0.15) is 0 Å². The number of methoxy groups -OCH3 is 1. The molecule has 3 aliphatic rings. The van der Waals surface area contributed by atoms with Crippen LogP contribution in [-0.4, -0.2) is 65.6 Å². The van der Waals surface area contributed by atoms with Gasteiger partial charge in [0, 0.05) is 19.6 Å². The second-order valence-electron chi connectivity index (χ2n) is 10.6. The van der Waals surface area contributed by atoms with Gasteiger partial charge in [-0.1, -0.05) is 36.8 Å². The highest BCUT2D eigenvalue weighted by atomic mass is 32.1. The summed E-state index contributed by atoms with van der Waals surface area (Å²) in [7, 11) is 1.68. The number of carbonyl (C=O) groups excluding carboxylic acids is 1. The second kappa shape index (κ2) is 9.72. The van der Waals surface area contributed by atoms with E-state index < -0.39 is 6.09 Å². The first-order valence-corrected chi connectivity index (χ1v) is 12.9. The second-order valence-corrected chi connectivity index (χ2v) is 11.6. The third kappa shape index (κ3) is 5.24. The van der Waals surface area contributed by atoms with Crippen molar-refractivity contribution in [3.05, 3.63) is 16.7 Å². The van der Waals surface area contributed by atoms with Crippen LogP contribution in [0.1, 0.15) is 58.9 Å². The lowest BCUT2D eigenvalue weighted by atomic mass is 9.68. The van der Waals surface area contributed by atoms with Crippen LogP contribution in [0.2, 0.25) is 0 Å². The van der Waals surface area contributed by atoms with Gasteiger partial charge >= 0.3 is 6.09 Å². The first-order valence-electron chi connectivity index (χ1n) is 12.1. The third-order valence-electron chi connectivity index (χ3n) is 7.48. The molecule has 0 aromatic carbocycles. The van der Waals surface area contributed by atoms with E-state index in [2.05, 4.69) is 56.2 Å². The topological polar surface area (TPSA) is 124 Å². The third-order valence-corrected chi connectivity index (χ3v) is 8.26. The highest BCUT2D eigenvalue weighted by molar-refractivity contribution is 7.15. The highest BCUT2D eigenvalue weighted by Crippen LogP contribution is 2.59. The number of aromatic nitrogens is 2. The lowest BCUT2D eigenvalue weighted by Gasteiger charge is -2.42. The maximum atomic E-state index is 13.0. The minimum Gasteiger partial charge on any atom is -0.443 e. The summed E-state index contributed by atoms with van der Waals surface area (Å²) in [4.78, 5) is 13.0. The van der Waals surface area contributed by atoms with Gasteiger partial charge in [-0.3, -0.25) is 0 Å². The molecule has 3 fully saturated rings. The molecule has 2 aliphatic heterocycles. The lowest BCUT2D eigenvalue weighted by Crippen LogP contribution is -2.56. The van der Waals surface area contributed by atoms with E-state index in [1.807, 2.05) is 0 Å². The predicted octanol–water partition coefficient (Wildman–Crippen LogP) is 3.49. The molecule has 190 valence electrons. The molecule has 0 bridgehead atoms. The Kier molecular flexibility index (Phi) is 7.24. The fourth-order valence-corrected chi connectivity index (χ4v) is 6.05. The fourth-order valence-electron chi connectivity index (χ4n) is 5.38. The summed E-state index contributed by atoms with van der Waals surface area (Å²) < 4.78 is 24.2. The van der Waals surface area contributed by atoms with Crippen LogP contribution in [0.3, 0.4) is 0 Å². The van der Waals surface area contributed by atoms with Gasteiger partial charge in [0.1, 0.15) is 28.4 Å². The van der Waals surface area contributed by atoms with E-state index in [-0.39, 0.29) is 47.4 Å². The number of amides is 1. The smallest absolute Gasteiger partial charge is 0.407 e. The van der Waals surface area contributed by atoms with E-state index in [0.717, 1.165) is 17.8 Å². The molecular weight excluding hydrogens is 456 g/mol.